The van der Waals surface area contributed by atoms with Gasteiger partial charge in [-0.3, -0.25) is 4.70 Å². The van der Waals surface area contributed by atoms with Gasteiger partial charge in [0, 0.05) is 0 Å². The second-order valence-corrected chi connectivity index (χ2v) is 1.54. The van der Waals surface area contributed by atoms with Gasteiger partial charge >= 0.3 is 75.1 Å². The first-order valence-corrected chi connectivity index (χ1v) is 2.35. The van der Waals surface area contributed by atoms with Crippen molar-refractivity contribution in [1.82, 2.24) is 0 Å². The number of phosphoric acid groups is 1. The largest absolute Gasteiger partial charge is 2.00 e. The van der Waals surface area contributed by atoms with Crippen LogP contribution in [0.4, 0.5) is 4.70 Å². The van der Waals surface area contributed by atoms with Gasteiger partial charge in [-0.1, -0.05) is 0 Å². The summed E-state index contributed by atoms with van der Waals surface area (Å²) in [6.45, 7) is 0. The van der Waals surface area contributed by atoms with E-state index in [1.54, 1.807) is 0 Å². The van der Waals surface area contributed by atoms with Gasteiger partial charge in [0.15, 0.2) is 0 Å². The average molecular weight is 184 g/mol. The molecule has 0 aromatic rings. The van der Waals surface area contributed by atoms with Gasteiger partial charge in [-0.25, -0.2) is 4.57 Å². The Balaban J connectivity index is -0.00000000533. The summed E-state index contributed by atoms with van der Waals surface area (Å²) in [6, 6.07) is 0. The van der Waals surface area contributed by atoms with Crippen molar-refractivity contribution >= 4 is 45.6 Å². The Hall–Kier alpha value is 2.30. The summed E-state index contributed by atoms with van der Waals surface area (Å²) in [6.07, 6.45) is 0. The molecular formula is H7CaFNaO4P. The topological polar surface area (TPSA) is 77.8 Å². The molecule has 8 heteroatoms. The van der Waals surface area contributed by atoms with Crippen molar-refractivity contribution in [2.45, 2.75) is 0 Å². The van der Waals surface area contributed by atoms with Crippen LogP contribution in [0.1, 0.15) is 4.28 Å². The minimum atomic E-state index is -4.64. The molecule has 46 valence electrons. The molecule has 0 heterocycles. The zero-order chi connectivity index (χ0) is 4.50. The van der Waals surface area contributed by atoms with Gasteiger partial charge in [-0.2, -0.15) is 0 Å². The maximum atomic E-state index is 8.88. The molecule has 8 heavy (non-hydrogen) atoms. The quantitative estimate of drug-likeness (QED) is 0.266. The van der Waals surface area contributed by atoms with Crippen LogP contribution in [0.25, 0.3) is 0 Å². The van der Waals surface area contributed by atoms with Crippen LogP contribution in [0.15, 0.2) is 0 Å². The first-order chi connectivity index (χ1) is 2.00. The van der Waals surface area contributed by atoms with Crippen LogP contribution >= 0.6 is 7.82 Å². The second kappa shape index (κ2) is 9.30. The van der Waals surface area contributed by atoms with E-state index in [0.29, 0.717) is 0 Å². The van der Waals surface area contributed by atoms with E-state index in [-0.39, 0.29) is 76.3 Å². The molecule has 0 aliphatic carbocycles. The van der Waals surface area contributed by atoms with E-state index in [4.69, 9.17) is 19.2 Å². The van der Waals surface area contributed by atoms with Gasteiger partial charge in [-0.15, -0.1) is 0 Å². The molecule has 4 nitrogen and oxygen atoms in total. The number of rotatable bonds is 0. The van der Waals surface area contributed by atoms with E-state index < -0.39 is 7.82 Å². The SMILES string of the molecule is F.O=P(O)(O)O.[Ca+2].[H-].[H-].[H-].[Na+]. The van der Waals surface area contributed by atoms with E-state index in [0.717, 1.165) is 0 Å². The average Bonchev–Trinajstić information content (AvgIpc) is 0.722. The molecule has 0 atom stereocenters. The summed E-state index contributed by atoms with van der Waals surface area (Å²) < 4.78 is 8.88. The summed E-state index contributed by atoms with van der Waals surface area (Å²) in [5, 5.41) is 0. The van der Waals surface area contributed by atoms with E-state index in [1.807, 2.05) is 0 Å². The fourth-order valence-corrected chi connectivity index (χ4v) is 0. The number of halogens is 1. The Labute approximate surface area is 102 Å². The molecule has 0 aromatic carbocycles. The molecule has 0 amide bonds. The Morgan fingerprint density at radius 3 is 1.25 bits per heavy atom. The second-order valence-electron chi connectivity index (χ2n) is 0.513. The minimum Gasteiger partial charge on any atom is -1.00 e. The number of hydrogen-bond donors (Lipinski definition) is 3. The predicted octanol–water partition coefficient (Wildman–Crippen LogP) is -3.82. The maximum absolute atomic E-state index is 8.88. The van der Waals surface area contributed by atoms with Crippen molar-refractivity contribution in [3.63, 3.8) is 0 Å². The molecule has 0 bridgehead atoms. The molecule has 0 unspecified atom stereocenters. The van der Waals surface area contributed by atoms with Gasteiger partial charge < -0.3 is 19.0 Å². The van der Waals surface area contributed by atoms with Gasteiger partial charge in [0.2, 0.25) is 0 Å². The van der Waals surface area contributed by atoms with Crippen molar-refractivity contribution in [3.05, 3.63) is 0 Å². The van der Waals surface area contributed by atoms with Crippen LogP contribution in [-0.2, 0) is 4.57 Å². The fraction of sp³-hybridized carbons (Fsp3) is 0. The Morgan fingerprint density at radius 2 is 1.25 bits per heavy atom. The minimum absolute atomic E-state index is 0. The molecule has 0 aliphatic heterocycles. The molecular weight excluding hydrogens is 177 g/mol. The van der Waals surface area contributed by atoms with Gasteiger partial charge in [-0.05, 0) is 0 Å². The van der Waals surface area contributed by atoms with Crippen molar-refractivity contribution in [1.29, 1.82) is 0 Å². The molecule has 0 radical (unpaired) electrons. The number of hydrogen-bond acceptors (Lipinski definition) is 1. The zero-order valence-corrected chi connectivity index (χ0v) is 9.42. The standard InChI is InChI=1S/Ca.FH.Na.H3O4P.3H/c;;;1-5(2,3)4;;;/h;1H;;(H3,1,2,3,4);;;/q+2;;+1;;3*-1. The molecule has 0 rings (SSSR count). The van der Waals surface area contributed by atoms with Crippen molar-refractivity contribution in [3.8, 4) is 0 Å². The van der Waals surface area contributed by atoms with Crippen LogP contribution in [0, 0.1) is 0 Å². The monoisotopic (exact) mass is 184 g/mol. The smallest absolute Gasteiger partial charge is 1.00 e. The van der Waals surface area contributed by atoms with Crippen LogP contribution in [0.2, 0.25) is 0 Å². The third kappa shape index (κ3) is 83.6. The molecule has 0 saturated carbocycles. The van der Waals surface area contributed by atoms with Gasteiger partial charge in [0.25, 0.3) is 0 Å². The van der Waals surface area contributed by atoms with Crippen molar-refractivity contribution < 1.29 is 57.8 Å². The van der Waals surface area contributed by atoms with Gasteiger partial charge in [0.1, 0.15) is 0 Å². The molecule has 0 aromatic heterocycles. The molecule has 0 spiro atoms. The van der Waals surface area contributed by atoms with Crippen molar-refractivity contribution in [2.75, 3.05) is 0 Å². The zero-order valence-electron chi connectivity index (χ0n) is 7.31. The van der Waals surface area contributed by atoms with E-state index in [9.17, 15) is 0 Å². The van der Waals surface area contributed by atoms with Gasteiger partial charge in [0.05, 0.1) is 0 Å². The summed E-state index contributed by atoms with van der Waals surface area (Å²) in [4.78, 5) is 21.6. The van der Waals surface area contributed by atoms with Crippen LogP contribution in [0.3, 0.4) is 0 Å². The maximum Gasteiger partial charge on any atom is 2.00 e. The van der Waals surface area contributed by atoms with E-state index in [2.05, 4.69) is 0 Å². The molecule has 0 fully saturated rings. The summed E-state index contributed by atoms with van der Waals surface area (Å²) in [7, 11) is -4.64. The fourth-order valence-electron chi connectivity index (χ4n) is 0. The first-order valence-electron chi connectivity index (χ1n) is 0.783. The summed E-state index contributed by atoms with van der Waals surface area (Å²) in [5.74, 6) is 0. The Bertz CT molecular complexity index is 71.5. The van der Waals surface area contributed by atoms with Crippen LogP contribution < -0.4 is 29.6 Å². The molecule has 3 N–H and O–H groups in total. The third-order valence-corrected chi connectivity index (χ3v) is 0. The molecule has 0 aliphatic rings. The summed E-state index contributed by atoms with van der Waals surface area (Å²) in [5.41, 5.74) is 0. The normalized spacial score (nSPS) is 7.38. The summed E-state index contributed by atoms with van der Waals surface area (Å²) >= 11 is 0. The Morgan fingerprint density at radius 1 is 1.25 bits per heavy atom. The molecule has 0 saturated heterocycles. The third-order valence-electron chi connectivity index (χ3n) is 0. The van der Waals surface area contributed by atoms with E-state index >= 15 is 0 Å². The first kappa shape index (κ1) is 22.4. The van der Waals surface area contributed by atoms with Crippen LogP contribution in [-0.4, -0.2) is 52.4 Å². The van der Waals surface area contributed by atoms with Crippen LogP contribution in [0.5, 0.6) is 0 Å². The Kier molecular flexibility index (Phi) is 26.1. The van der Waals surface area contributed by atoms with Crippen molar-refractivity contribution in [2.24, 2.45) is 0 Å². The van der Waals surface area contributed by atoms with E-state index in [1.165, 1.54) is 0 Å². The predicted molar refractivity (Wildman–Crippen MR) is 25.9 cm³/mol.